The molecule has 2 aromatic rings. The van der Waals surface area contributed by atoms with Crippen LogP contribution < -0.4 is 10.5 Å². The van der Waals surface area contributed by atoms with Crippen LogP contribution in [0.1, 0.15) is 17.3 Å². The summed E-state index contributed by atoms with van der Waals surface area (Å²) in [6.07, 6.45) is 3.78. The van der Waals surface area contributed by atoms with Gasteiger partial charge >= 0.3 is 0 Å². The Morgan fingerprint density at radius 1 is 1.22 bits per heavy atom. The number of aromatic nitrogens is 1. The molecule has 0 saturated carbocycles. The van der Waals surface area contributed by atoms with Crippen molar-refractivity contribution in [1.29, 1.82) is 0 Å². The molecule has 1 aromatic carbocycles. The van der Waals surface area contributed by atoms with Crippen LogP contribution >= 0.6 is 11.8 Å². The van der Waals surface area contributed by atoms with E-state index in [1.807, 2.05) is 36.6 Å². The van der Waals surface area contributed by atoms with Crippen LogP contribution in [0.25, 0.3) is 0 Å². The maximum atomic E-state index is 6.31. The topological polar surface area (TPSA) is 48.1 Å². The van der Waals surface area contributed by atoms with Crippen LogP contribution in [-0.4, -0.2) is 18.3 Å². The number of pyridine rings is 1. The molecular weight excluding hydrogens is 244 g/mol. The molecule has 94 valence electrons. The van der Waals surface area contributed by atoms with Crippen LogP contribution in [0, 0.1) is 0 Å². The van der Waals surface area contributed by atoms with Crippen LogP contribution in [-0.2, 0) is 0 Å². The van der Waals surface area contributed by atoms with Crippen molar-refractivity contribution in [3.05, 3.63) is 53.9 Å². The average Bonchev–Trinajstić information content (AvgIpc) is 2.46. The van der Waals surface area contributed by atoms with Crippen LogP contribution in [0.5, 0.6) is 5.75 Å². The summed E-state index contributed by atoms with van der Waals surface area (Å²) in [7, 11) is 1.63. The first-order valence-electron chi connectivity index (χ1n) is 5.65. The Morgan fingerprint density at radius 3 is 2.72 bits per heavy atom. The number of benzene rings is 1. The van der Waals surface area contributed by atoms with Crippen LogP contribution in [0.4, 0.5) is 0 Å². The van der Waals surface area contributed by atoms with Crippen LogP contribution in [0.15, 0.2) is 47.5 Å². The Bertz CT molecular complexity index is 483. The molecule has 2 N–H and O–H groups in total. The van der Waals surface area contributed by atoms with Crippen molar-refractivity contribution in [2.45, 2.75) is 10.9 Å². The standard InChI is InChI=1S/C14H16N2OS/c1-17-11-7-5-9-16-14(11)13(15)10-6-3-4-8-12(10)18-2/h3-9,13H,15H2,1-2H3. The fourth-order valence-corrected chi connectivity index (χ4v) is 2.52. The minimum atomic E-state index is -0.273. The van der Waals surface area contributed by atoms with Crippen LogP contribution in [0.2, 0.25) is 0 Å². The maximum absolute atomic E-state index is 6.31. The zero-order valence-corrected chi connectivity index (χ0v) is 11.3. The molecule has 1 heterocycles. The summed E-state index contributed by atoms with van der Waals surface area (Å²) >= 11 is 1.68. The summed E-state index contributed by atoms with van der Waals surface area (Å²) in [5.74, 6) is 0.723. The number of hydrogen-bond donors (Lipinski definition) is 1. The van der Waals surface area contributed by atoms with Gasteiger partial charge < -0.3 is 10.5 Å². The minimum absolute atomic E-state index is 0.273. The van der Waals surface area contributed by atoms with Gasteiger partial charge in [0, 0.05) is 11.1 Å². The van der Waals surface area contributed by atoms with Crippen molar-refractivity contribution in [3.8, 4) is 5.75 Å². The highest BCUT2D eigenvalue weighted by Gasteiger charge is 2.17. The first-order chi connectivity index (χ1) is 8.77. The monoisotopic (exact) mass is 260 g/mol. The number of ether oxygens (including phenoxy) is 1. The molecular formula is C14H16N2OS. The van der Waals surface area contributed by atoms with E-state index in [1.54, 1.807) is 25.1 Å². The molecule has 0 aliphatic carbocycles. The Balaban J connectivity index is 2.44. The lowest BCUT2D eigenvalue weighted by molar-refractivity contribution is 0.404. The first-order valence-corrected chi connectivity index (χ1v) is 6.87. The number of thioether (sulfide) groups is 1. The van der Waals surface area contributed by atoms with Crippen molar-refractivity contribution in [3.63, 3.8) is 0 Å². The predicted octanol–water partition coefficient (Wildman–Crippen LogP) is 2.86. The average molecular weight is 260 g/mol. The molecule has 18 heavy (non-hydrogen) atoms. The third-order valence-electron chi connectivity index (χ3n) is 2.79. The van der Waals surface area contributed by atoms with E-state index in [-0.39, 0.29) is 6.04 Å². The Morgan fingerprint density at radius 2 is 2.00 bits per heavy atom. The van der Waals surface area contributed by atoms with Gasteiger partial charge in [-0.05, 0) is 30.0 Å². The van der Waals surface area contributed by atoms with Crippen molar-refractivity contribution in [1.82, 2.24) is 4.98 Å². The van der Waals surface area contributed by atoms with Gasteiger partial charge in [-0.25, -0.2) is 0 Å². The summed E-state index contributed by atoms with van der Waals surface area (Å²) in [5.41, 5.74) is 8.15. The highest BCUT2D eigenvalue weighted by molar-refractivity contribution is 7.98. The number of nitrogens with two attached hydrogens (primary N) is 1. The quantitative estimate of drug-likeness (QED) is 0.859. The first kappa shape index (κ1) is 12.9. The second-order valence-electron chi connectivity index (χ2n) is 3.81. The fourth-order valence-electron chi connectivity index (χ4n) is 1.88. The molecule has 3 nitrogen and oxygen atoms in total. The molecule has 1 atom stereocenters. The van der Waals surface area contributed by atoms with E-state index in [0.717, 1.165) is 21.9 Å². The highest BCUT2D eigenvalue weighted by Crippen LogP contribution is 2.31. The molecule has 0 amide bonds. The van der Waals surface area contributed by atoms with Crippen molar-refractivity contribution in [2.75, 3.05) is 13.4 Å². The molecule has 0 fully saturated rings. The molecule has 0 saturated heterocycles. The summed E-state index contributed by atoms with van der Waals surface area (Å²) in [6.45, 7) is 0. The van der Waals surface area contributed by atoms with Crippen molar-refractivity contribution < 1.29 is 4.74 Å². The molecule has 4 heteroatoms. The molecule has 0 radical (unpaired) electrons. The molecule has 0 aliphatic heterocycles. The lowest BCUT2D eigenvalue weighted by Gasteiger charge is -2.17. The Kier molecular flexibility index (Phi) is 4.23. The lowest BCUT2D eigenvalue weighted by Crippen LogP contribution is -2.15. The van der Waals surface area contributed by atoms with Crippen molar-refractivity contribution in [2.24, 2.45) is 5.73 Å². The summed E-state index contributed by atoms with van der Waals surface area (Å²) in [5, 5.41) is 0. The third-order valence-corrected chi connectivity index (χ3v) is 3.60. The predicted molar refractivity (Wildman–Crippen MR) is 75.0 cm³/mol. The Hall–Kier alpha value is -1.52. The Labute approximate surface area is 111 Å². The minimum Gasteiger partial charge on any atom is -0.495 e. The van der Waals surface area contributed by atoms with Crippen LogP contribution in [0.3, 0.4) is 0 Å². The second-order valence-corrected chi connectivity index (χ2v) is 4.66. The zero-order chi connectivity index (χ0) is 13.0. The summed E-state index contributed by atoms with van der Waals surface area (Å²) in [4.78, 5) is 5.51. The summed E-state index contributed by atoms with van der Waals surface area (Å²) in [6, 6.07) is 11.5. The van der Waals surface area contributed by atoms with Crippen molar-refractivity contribution >= 4 is 11.8 Å². The zero-order valence-electron chi connectivity index (χ0n) is 10.5. The number of hydrogen-bond acceptors (Lipinski definition) is 4. The van der Waals surface area contributed by atoms with E-state index in [2.05, 4.69) is 11.1 Å². The third kappa shape index (κ3) is 2.49. The van der Waals surface area contributed by atoms with E-state index in [0.29, 0.717) is 0 Å². The van der Waals surface area contributed by atoms with Gasteiger partial charge in [-0.3, -0.25) is 4.98 Å². The van der Waals surface area contributed by atoms with Gasteiger partial charge in [0.05, 0.1) is 13.2 Å². The van der Waals surface area contributed by atoms with Gasteiger partial charge in [0.1, 0.15) is 11.4 Å². The summed E-state index contributed by atoms with van der Waals surface area (Å²) < 4.78 is 5.31. The van der Waals surface area contributed by atoms with E-state index in [4.69, 9.17) is 10.5 Å². The number of methoxy groups -OCH3 is 1. The van der Waals surface area contributed by atoms with Gasteiger partial charge in [0.15, 0.2) is 0 Å². The molecule has 1 aromatic heterocycles. The molecule has 0 spiro atoms. The van der Waals surface area contributed by atoms with Gasteiger partial charge in [-0.2, -0.15) is 0 Å². The van der Waals surface area contributed by atoms with Gasteiger partial charge in [0.25, 0.3) is 0 Å². The SMILES string of the molecule is COc1cccnc1C(N)c1ccccc1SC. The second kappa shape index (κ2) is 5.89. The van der Waals surface area contributed by atoms with Gasteiger partial charge in [0.2, 0.25) is 0 Å². The van der Waals surface area contributed by atoms with E-state index in [1.165, 1.54) is 0 Å². The number of nitrogens with zero attached hydrogens (tertiary/aromatic N) is 1. The largest absolute Gasteiger partial charge is 0.495 e. The molecule has 0 aliphatic rings. The van der Waals surface area contributed by atoms with E-state index in [9.17, 15) is 0 Å². The van der Waals surface area contributed by atoms with Gasteiger partial charge in [-0.1, -0.05) is 18.2 Å². The van der Waals surface area contributed by atoms with E-state index < -0.39 is 0 Å². The number of rotatable bonds is 4. The van der Waals surface area contributed by atoms with Gasteiger partial charge in [-0.15, -0.1) is 11.8 Å². The lowest BCUT2D eigenvalue weighted by atomic mass is 10.0. The molecule has 0 bridgehead atoms. The molecule has 2 rings (SSSR count). The smallest absolute Gasteiger partial charge is 0.142 e. The van der Waals surface area contributed by atoms with E-state index >= 15 is 0 Å². The maximum Gasteiger partial charge on any atom is 0.142 e. The molecule has 1 unspecified atom stereocenters. The normalized spacial score (nSPS) is 12.2. The highest BCUT2D eigenvalue weighted by atomic mass is 32.2. The fraction of sp³-hybridized carbons (Fsp3) is 0.214.